The molecule has 3 rings (SSSR count). The Morgan fingerprint density at radius 2 is 1.91 bits per heavy atom. The monoisotopic (exact) mass is 313 g/mol. The van der Waals surface area contributed by atoms with E-state index in [4.69, 9.17) is 16.3 Å². The van der Waals surface area contributed by atoms with E-state index in [1.165, 1.54) is 0 Å². The first-order valence-electron chi connectivity index (χ1n) is 7.15. The Hall–Kier alpha value is -2.26. The number of aryl methyl sites for hydroxylation is 1. The molecule has 0 N–H and O–H groups in total. The van der Waals surface area contributed by atoms with E-state index < -0.39 is 0 Å². The van der Waals surface area contributed by atoms with Crippen molar-refractivity contribution in [2.45, 2.75) is 13.8 Å². The summed E-state index contributed by atoms with van der Waals surface area (Å²) in [5.74, 6) is -0.289. The quantitative estimate of drug-likeness (QED) is 0.652. The van der Waals surface area contributed by atoms with Gasteiger partial charge >= 0.3 is 5.97 Å². The van der Waals surface area contributed by atoms with Crippen LogP contribution < -0.4 is 0 Å². The first-order valence-corrected chi connectivity index (χ1v) is 7.52. The van der Waals surface area contributed by atoms with Crippen molar-refractivity contribution in [2.75, 3.05) is 6.61 Å². The highest BCUT2D eigenvalue weighted by Crippen LogP contribution is 2.26. The number of esters is 1. The maximum atomic E-state index is 11.9. The molecule has 3 aromatic rings. The Kier molecular flexibility index (Phi) is 3.90. The molecule has 0 radical (unpaired) electrons. The fourth-order valence-electron chi connectivity index (χ4n) is 2.55. The molecule has 0 aliphatic heterocycles. The molecule has 0 fully saturated rings. The fraction of sp³-hybridized carbons (Fsp3) is 0.167. The number of nitrogens with zero attached hydrogens (tertiary/aromatic N) is 1. The molecule has 0 aliphatic rings. The molecule has 1 heterocycles. The molecule has 22 heavy (non-hydrogen) atoms. The number of aromatic nitrogens is 1. The average molecular weight is 314 g/mol. The third kappa shape index (κ3) is 2.60. The van der Waals surface area contributed by atoms with Gasteiger partial charge in [0, 0.05) is 22.3 Å². The van der Waals surface area contributed by atoms with Gasteiger partial charge in [-0.15, -0.1) is 0 Å². The van der Waals surface area contributed by atoms with Crippen LogP contribution in [0, 0.1) is 6.92 Å². The summed E-state index contributed by atoms with van der Waals surface area (Å²) in [6, 6.07) is 13.3. The molecule has 0 atom stereocenters. The van der Waals surface area contributed by atoms with Gasteiger partial charge in [0.05, 0.1) is 17.7 Å². The number of hydrogen-bond donors (Lipinski definition) is 0. The molecule has 0 aliphatic carbocycles. The largest absolute Gasteiger partial charge is 0.462 e. The zero-order chi connectivity index (χ0) is 15.7. The Labute approximate surface area is 134 Å². The predicted octanol–water partition coefficient (Wildman–Crippen LogP) is 4.77. The van der Waals surface area contributed by atoms with E-state index in [1.807, 2.05) is 43.3 Å². The van der Waals surface area contributed by atoms with Crippen molar-refractivity contribution in [2.24, 2.45) is 0 Å². The second-order valence-corrected chi connectivity index (χ2v) is 5.55. The van der Waals surface area contributed by atoms with E-state index in [1.54, 1.807) is 13.0 Å². The molecule has 4 heteroatoms. The van der Waals surface area contributed by atoms with E-state index >= 15 is 0 Å². The van der Waals surface area contributed by atoms with Crippen LogP contribution in [-0.2, 0) is 4.74 Å². The van der Waals surface area contributed by atoms with Gasteiger partial charge in [-0.1, -0.05) is 11.6 Å². The number of ether oxygens (including phenoxy) is 1. The normalized spacial score (nSPS) is 10.9. The van der Waals surface area contributed by atoms with Crippen LogP contribution in [0.2, 0.25) is 5.02 Å². The molecule has 0 amide bonds. The summed E-state index contributed by atoms with van der Waals surface area (Å²) in [6.45, 7) is 4.21. The minimum absolute atomic E-state index is 0.289. The SMILES string of the molecule is CCOC(=O)c1ccc2c(c1)c(C)cn2-c1ccc(Cl)cc1. The Morgan fingerprint density at radius 3 is 2.59 bits per heavy atom. The van der Waals surface area contributed by atoms with Gasteiger partial charge < -0.3 is 9.30 Å². The number of benzene rings is 2. The molecule has 1 aromatic heterocycles. The van der Waals surface area contributed by atoms with E-state index in [9.17, 15) is 4.79 Å². The Balaban J connectivity index is 2.11. The summed E-state index contributed by atoms with van der Waals surface area (Å²) < 4.78 is 7.15. The molecule has 112 valence electrons. The van der Waals surface area contributed by atoms with Crippen molar-refractivity contribution in [3.8, 4) is 5.69 Å². The van der Waals surface area contributed by atoms with Crippen LogP contribution in [-0.4, -0.2) is 17.1 Å². The molecule has 0 spiro atoms. The third-order valence-electron chi connectivity index (χ3n) is 3.62. The number of carbonyl (C=O) groups excluding carboxylic acids is 1. The summed E-state index contributed by atoms with van der Waals surface area (Å²) in [5, 5.41) is 1.75. The van der Waals surface area contributed by atoms with Gasteiger partial charge in [-0.3, -0.25) is 0 Å². The van der Waals surface area contributed by atoms with E-state index in [0.29, 0.717) is 17.2 Å². The lowest BCUT2D eigenvalue weighted by Crippen LogP contribution is -2.04. The predicted molar refractivity (Wildman–Crippen MR) is 89.0 cm³/mol. The number of rotatable bonds is 3. The molecular weight excluding hydrogens is 298 g/mol. The molecule has 0 saturated carbocycles. The Morgan fingerprint density at radius 1 is 1.18 bits per heavy atom. The Bertz CT molecular complexity index is 834. The lowest BCUT2D eigenvalue weighted by Gasteiger charge is -2.06. The highest BCUT2D eigenvalue weighted by atomic mass is 35.5. The van der Waals surface area contributed by atoms with Crippen LogP contribution in [0.5, 0.6) is 0 Å². The van der Waals surface area contributed by atoms with Crippen LogP contribution in [0.1, 0.15) is 22.8 Å². The summed E-state index contributed by atoms with van der Waals surface area (Å²) in [5.41, 5.74) is 3.77. The van der Waals surface area contributed by atoms with Crippen LogP contribution in [0.4, 0.5) is 0 Å². The molecule has 2 aromatic carbocycles. The topological polar surface area (TPSA) is 31.2 Å². The number of carbonyl (C=O) groups is 1. The van der Waals surface area contributed by atoms with Crippen LogP contribution in [0.15, 0.2) is 48.7 Å². The maximum Gasteiger partial charge on any atom is 0.338 e. The van der Waals surface area contributed by atoms with Gasteiger partial charge in [-0.25, -0.2) is 4.79 Å². The summed E-state index contributed by atoms with van der Waals surface area (Å²) in [7, 11) is 0. The van der Waals surface area contributed by atoms with E-state index in [-0.39, 0.29) is 5.97 Å². The zero-order valence-electron chi connectivity index (χ0n) is 12.5. The van der Waals surface area contributed by atoms with Gasteiger partial charge in [0.25, 0.3) is 0 Å². The average Bonchev–Trinajstić information content (AvgIpc) is 2.85. The van der Waals surface area contributed by atoms with Crippen molar-refractivity contribution in [3.05, 3.63) is 64.8 Å². The van der Waals surface area contributed by atoms with E-state index in [2.05, 4.69) is 10.8 Å². The second-order valence-electron chi connectivity index (χ2n) is 5.11. The molecule has 0 bridgehead atoms. The minimum atomic E-state index is -0.289. The van der Waals surface area contributed by atoms with Crippen LogP contribution in [0.25, 0.3) is 16.6 Å². The van der Waals surface area contributed by atoms with E-state index in [0.717, 1.165) is 22.2 Å². The number of hydrogen-bond acceptors (Lipinski definition) is 2. The standard InChI is InChI=1S/C18H16ClNO2/c1-3-22-18(21)13-4-9-17-16(10-13)12(2)11-20(17)15-7-5-14(19)6-8-15/h4-11H,3H2,1-2H3. The van der Waals surface area contributed by atoms with Crippen molar-refractivity contribution in [1.29, 1.82) is 0 Å². The van der Waals surface area contributed by atoms with Crippen LogP contribution >= 0.6 is 11.6 Å². The van der Waals surface area contributed by atoms with Gasteiger partial charge in [-0.05, 0) is 61.9 Å². The smallest absolute Gasteiger partial charge is 0.338 e. The van der Waals surface area contributed by atoms with Gasteiger partial charge in [0.15, 0.2) is 0 Å². The van der Waals surface area contributed by atoms with Crippen molar-refractivity contribution >= 4 is 28.5 Å². The lowest BCUT2D eigenvalue weighted by molar-refractivity contribution is 0.0526. The molecule has 0 saturated heterocycles. The second kappa shape index (κ2) is 5.85. The number of halogens is 1. The first kappa shape index (κ1) is 14.7. The molecule has 0 unspecified atom stereocenters. The van der Waals surface area contributed by atoms with Crippen molar-refractivity contribution < 1.29 is 9.53 Å². The van der Waals surface area contributed by atoms with Gasteiger partial charge in [-0.2, -0.15) is 0 Å². The van der Waals surface area contributed by atoms with Gasteiger partial charge in [0.2, 0.25) is 0 Å². The summed E-state index contributed by atoms with van der Waals surface area (Å²) in [6.07, 6.45) is 2.06. The van der Waals surface area contributed by atoms with Gasteiger partial charge in [0.1, 0.15) is 0 Å². The lowest BCUT2D eigenvalue weighted by atomic mass is 10.1. The third-order valence-corrected chi connectivity index (χ3v) is 3.87. The first-order chi connectivity index (χ1) is 10.6. The fourth-order valence-corrected chi connectivity index (χ4v) is 2.68. The summed E-state index contributed by atoms with van der Waals surface area (Å²) in [4.78, 5) is 11.9. The summed E-state index contributed by atoms with van der Waals surface area (Å²) >= 11 is 5.95. The highest BCUT2D eigenvalue weighted by molar-refractivity contribution is 6.30. The maximum absolute atomic E-state index is 11.9. The van der Waals surface area contributed by atoms with Crippen molar-refractivity contribution in [1.82, 2.24) is 4.57 Å². The minimum Gasteiger partial charge on any atom is -0.462 e. The number of fused-ring (bicyclic) bond motifs is 1. The molecule has 3 nitrogen and oxygen atoms in total. The molecular formula is C18H16ClNO2. The highest BCUT2D eigenvalue weighted by Gasteiger charge is 2.12. The van der Waals surface area contributed by atoms with Crippen LogP contribution in [0.3, 0.4) is 0 Å². The van der Waals surface area contributed by atoms with Crippen molar-refractivity contribution in [3.63, 3.8) is 0 Å². The zero-order valence-corrected chi connectivity index (χ0v) is 13.2.